The molecule has 1 amide bonds. The second kappa shape index (κ2) is 6.48. The fourth-order valence-electron chi connectivity index (χ4n) is 2.39. The first-order chi connectivity index (χ1) is 9.89. The lowest BCUT2D eigenvalue weighted by molar-refractivity contribution is 0.0522. The monoisotopic (exact) mass is 290 g/mol. The third-order valence-electron chi connectivity index (χ3n) is 3.52. The molecule has 0 bridgehead atoms. The van der Waals surface area contributed by atoms with Crippen molar-refractivity contribution < 1.29 is 9.53 Å². The van der Waals surface area contributed by atoms with Crippen LogP contribution in [-0.2, 0) is 4.74 Å². The topological polar surface area (TPSA) is 50.4 Å². The van der Waals surface area contributed by atoms with Gasteiger partial charge in [0.25, 0.3) is 0 Å². The van der Waals surface area contributed by atoms with E-state index in [4.69, 9.17) is 4.74 Å². The molecule has 2 rings (SSSR count). The van der Waals surface area contributed by atoms with Crippen molar-refractivity contribution in [2.24, 2.45) is 0 Å². The summed E-state index contributed by atoms with van der Waals surface area (Å²) >= 11 is 0. The molecule has 4 heteroatoms. The quantitative estimate of drug-likeness (QED) is 0.874. The van der Waals surface area contributed by atoms with E-state index >= 15 is 0 Å². The normalized spacial score (nSPS) is 22.5. The lowest BCUT2D eigenvalue weighted by atomic mass is 10.0. The minimum Gasteiger partial charge on any atom is -0.444 e. The molecule has 1 saturated carbocycles. The molecule has 3 atom stereocenters. The zero-order valence-corrected chi connectivity index (χ0v) is 13.3. The SMILES string of the molecule is CCC(NC1CC1NC(=O)OC(C)(C)C)c1ccccc1. The van der Waals surface area contributed by atoms with Gasteiger partial charge in [-0.15, -0.1) is 0 Å². The van der Waals surface area contributed by atoms with E-state index in [1.807, 2.05) is 26.8 Å². The van der Waals surface area contributed by atoms with Crippen molar-refractivity contribution >= 4 is 6.09 Å². The Morgan fingerprint density at radius 1 is 1.29 bits per heavy atom. The number of carbonyl (C=O) groups excluding carboxylic acids is 1. The van der Waals surface area contributed by atoms with Gasteiger partial charge in [0.05, 0.1) is 0 Å². The Labute approximate surface area is 127 Å². The summed E-state index contributed by atoms with van der Waals surface area (Å²) < 4.78 is 5.27. The molecule has 0 heterocycles. The maximum Gasteiger partial charge on any atom is 0.407 e. The maximum atomic E-state index is 11.7. The van der Waals surface area contributed by atoms with Crippen molar-refractivity contribution in [3.05, 3.63) is 35.9 Å². The molecule has 4 nitrogen and oxygen atoms in total. The molecular formula is C17H26N2O2. The Kier molecular flexibility index (Phi) is 4.88. The highest BCUT2D eigenvalue weighted by Gasteiger charge is 2.40. The Balaban J connectivity index is 1.80. The zero-order valence-electron chi connectivity index (χ0n) is 13.3. The van der Waals surface area contributed by atoms with Gasteiger partial charge in [-0.05, 0) is 39.2 Å². The number of nitrogens with one attached hydrogen (secondary N) is 2. The number of alkyl carbamates (subject to hydrolysis) is 1. The van der Waals surface area contributed by atoms with E-state index in [1.165, 1.54) is 5.56 Å². The second-order valence-electron chi connectivity index (χ2n) is 6.63. The molecule has 3 unspecified atom stereocenters. The number of ether oxygens (including phenoxy) is 1. The van der Waals surface area contributed by atoms with E-state index in [0.717, 1.165) is 12.8 Å². The van der Waals surface area contributed by atoms with Gasteiger partial charge in [-0.2, -0.15) is 0 Å². The van der Waals surface area contributed by atoms with Crippen molar-refractivity contribution in [2.75, 3.05) is 0 Å². The summed E-state index contributed by atoms with van der Waals surface area (Å²) in [5.41, 5.74) is 0.848. The molecule has 116 valence electrons. The molecule has 0 radical (unpaired) electrons. The van der Waals surface area contributed by atoms with Crippen LogP contribution in [0.2, 0.25) is 0 Å². The molecule has 1 aromatic carbocycles. The molecule has 2 N–H and O–H groups in total. The van der Waals surface area contributed by atoms with Gasteiger partial charge in [0.15, 0.2) is 0 Å². The molecule has 0 saturated heterocycles. The molecule has 1 fully saturated rings. The van der Waals surface area contributed by atoms with Crippen LogP contribution in [0.15, 0.2) is 30.3 Å². The van der Waals surface area contributed by atoms with Gasteiger partial charge >= 0.3 is 6.09 Å². The lowest BCUT2D eigenvalue weighted by Crippen LogP contribution is -2.37. The molecule has 21 heavy (non-hydrogen) atoms. The van der Waals surface area contributed by atoms with Crippen LogP contribution in [0.25, 0.3) is 0 Å². The summed E-state index contributed by atoms with van der Waals surface area (Å²) in [7, 11) is 0. The third-order valence-corrected chi connectivity index (χ3v) is 3.52. The highest BCUT2D eigenvalue weighted by atomic mass is 16.6. The fourth-order valence-corrected chi connectivity index (χ4v) is 2.39. The molecule has 0 aromatic heterocycles. The van der Waals surface area contributed by atoms with Crippen molar-refractivity contribution in [1.82, 2.24) is 10.6 Å². The molecule has 0 aliphatic heterocycles. The average molecular weight is 290 g/mol. The predicted octanol–water partition coefficient (Wildman–Crippen LogP) is 3.39. The molecular weight excluding hydrogens is 264 g/mol. The van der Waals surface area contributed by atoms with Crippen LogP contribution in [0.3, 0.4) is 0 Å². The van der Waals surface area contributed by atoms with Gasteiger partial charge in [0.1, 0.15) is 5.60 Å². The van der Waals surface area contributed by atoms with E-state index in [9.17, 15) is 4.79 Å². The number of hydrogen-bond donors (Lipinski definition) is 2. The maximum absolute atomic E-state index is 11.7. The van der Waals surface area contributed by atoms with E-state index in [-0.39, 0.29) is 12.1 Å². The van der Waals surface area contributed by atoms with Crippen molar-refractivity contribution in [3.8, 4) is 0 Å². The number of rotatable bonds is 5. The van der Waals surface area contributed by atoms with Crippen LogP contribution in [0.1, 0.15) is 52.1 Å². The minimum atomic E-state index is -0.447. The van der Waals surface area contributed by atoms with Gasteiger partial charge in [0, 0.05) is 18.1 Å². The third kappa shape index (κ3) is 5.05. The van der Waals surface area contributed by atoms with Crippen molar-refractivity contribution in [2.45, 2.75) is 64.3 Å². The molecule has 0 spiro atoms. The molecule has 1 aliphatic carbocycles. The van der Waals surface area contributed by atoms with Gasteiger partial charge < -0.3 is 15.4 Å². The standard InChI is InChI=1S/C17H26N2O2/c1-5-13(12-9-7-6-8-10-12)18-14-11-15(14)19-16(20)21-17(2,3)4/h6-10,13-15,18H,5,11H2,1-4H3,(H,19,20). The van der Waals surface area contributed by atoms with Gasteiger partial charge in [-0.25, -0.2) is 4.79 Å². The van der Waals surface area contributed by atoms with Crippen LogP contribution in [0, 0.1) is 0 Å². The smallest absolute Gasteiger partial charge is 0.407 e. The van der Waals surface area contributed by atoms with Crippen LogP contribution in [0.4, 0.5) is 4.79 Å². The fraction of sp³-hybridized carbons (Fsp3) is 0.588. The first kappa shape index (κ1) is 15.8. The summed E-state index contributed by atoms with van der Waals surface area (Å²) in [5.74, 6) is 0. The first-order valence-corrected chi connectivity index (χ1v) is 7.69. The van der Waals surface area contributed by atoms with Crippen LogP contribution < -0.4 is 10.6 Å². The first-order valence-electron chi connectivity index (χ1n) is 7.69. The highest BCUT2D eigenvalue weighted by Crippen LogP contribution is 2.27. The Hall–Kier alpha value is -1.55. The average Bonchev–Trinajstić information content (AvgIpc) is 3.12. The van der Waals surface area contributed by atoms with E-state index in [2.05, 4.69) is 41.8 Å². The summed E-state index contributed by atoms with van der Waals surface area (Å²) in [5, 5.41) is 6.52. The van der Waals surface area contributed by atoms with Crippen molar-refractivity contribution in [3.63, 3.8) is 0 Å². The summed E-state index contributed by atoms with van der Waals surface area (Å²) in [4.78, 5) is 11.7. The second-order valence-corrected chi connectivity index (χ2v) is 6.63. The van der Waals surface area contributed by atoms with Gasteiger partial charge in [-0.3, -0.25) is 0 Å². The van der Waals surface area contributed by atoms with Crippen molar-refractivity contribution in [1.29, 1.82) is 0 Å². The molecule has 1 aromatic rings. The lowest BCUT2D eigenvalue weighted by Gasteiger charge is -2.20. The Morgan fingerprint density at radius 2 is 1.95 bits per heavy atom. The largest absolute Gasteiger partial charge is 0.444 e. The molecule has 1 aliphatic rings. The van der Waals surface area contributed by atoms with E-state index in [1.54, 1.807) is 0 Å². The van der Waals surface area contributed by atoms with E-state index < -0.39 is 5.60 Å². The number of carbonyl (C=O) groups is 1. The highest BCUT2D eigenvalue weighted by molar-refractivity contribution is 5.68. The van der Waals surface area contributed by atoms with Crippen LogP contribution in [-0.4, -0.2) is 23.8 Å². The van der Waals surface area contributed by atoms with Gasteiger partial charge in [-0.1, -0.05) is 37.3 Å². The summed E-state index contributed by atoms with van der Waals surface area (Å²) in [6.07, 6.45) is 1.66. The number of amides is 1. The predicted molar refractivity (Wildman–Crippen MR) is 84.2 cm³/mol. The van der Waals surface area contributed by atoms with Crippen LogP contribution >= 0.6 is 0 Å². The Morgan fingerprint density at radius 3 is 2.52 bits per heavy atom. The summed E-state index contributed by atoms with van der Waals surface area (Å²) in [6.45, 7) is 7.79. The summed E-state index contributed by atoms with van der Waals surface area (Å²) in [6, 6.07) is 11.3. The van der Waals surface area contributed by atoms with Gasteiger partial charge in [0.2, 0.25) is 0 Å². The minimum absolute atomic E-state index is 0.178. The number of benzene rings is 1. The number of hydrogen-bond acceptors (Lipinski definition) is 3. The van der Waals surface area contributed by atoms with E-state index in [0.29, 0.717) is 12.1 Å². The zero-order chi connectivity index (χ0) is 15.5. The van der Waals surface area contributed by atoms with Crippen LogP contribution in [0.5, 0.6) is 0 Å². The Bertz CT molecular complexity index is 467.